The van der Waals surface area contributed by atoms with Crippen molar-refractivity contribution < 1.29 is 10.2 Å². The number of hydrogen-bond acceptors (Lipinski definition) is 3. The van der Waals surface area contributed by atoms with Gasteiger partial charge in [-0.3, -0.25) is 0 Å². The summed E-state index contributed by atoms with van der Waals surface area (Å²) in [4.78, 5) is 0. The molecule has 1 aliphatic heterocycles. The molecule has 1 rings (SSSR count). The average molecular weight is 145 g/mol. The first-order valence-electron chi connectivity index (χ1n) is 3.82. The predicted molar refractivity (Wildman–Crippen MR) is 38.7 cm³/mol. The summed E-state index contributed by atoms with van der Waals surface area (Å²) in [5, 5.41) is 21.6. The Kier molecular flexibility index (Phi) is 2.65. The number of aliphatic hydroxyl groups excluding tert-OH is 2. The van der Waals surface area contributed by atoms with Gasteiger partial charge in [-0.15, -0.1) is 0 Å². The lowest BCUT2D eigenvalue weighted by atomic mass is 9.92. The molecule has 0 bridgehead atoms. The minimum absolute atomic E-state index is 0.226. The van der Waals surface area contributed by atoms with Crippen LogP contribution in [0.3, 0.4) is 0 Å². The Morgan fingerprint density at radius 1 is 1.40 bits per heavy atom. The van der Waals surface area contributed by atoms with Crippen molar-refractivity contribution in [1.29, 1.82) is 0 Å². The van der Waals surface area contributed by atoms with Crippen LogP contribution in [0.5, 0.6) is 0 Å². The molecule has 3 unspecified atom stereocenters. The highest BCUT2D eigenvalue weighted by atomic mass is 16.3. The molecule has 0 aromatic carbocycles. The summed E-state index contributed by atoms with van der Waals surface area (Å²) >= 11 is 0. The Balaban J connectivity index is 2.42. The quantitative estimate of drug-likeness (QED) is 0.459. The van der Waals surface area contributed by atoms with Crippen molar-refractivity contribution in [2.24, 2.45) is 5.92 Å². The zero-order valence-corrected chi connectivity index (χ0v) is 6.25. The molecule has 60 valence electrons. The smallest absolute Gasteiger partial charge is 0.0926 e. The van der Waals surface area contributed by atoms with Gasteiger partial charge in [-0.1, -0.05) is 6.92 Å². The monoisotopic (exact) mass is 145 g/mol. The van der Waals surface area contributed by atoms with E-state index in [1.54, 1.807) is 0 Å². The van der Waals surface area contributed by atoms with E-state index in [9.17, 15) is 5.11 Å². The van der Waals surface area contributed by atoms with Crippen molar-refractivity contribution in [2.75, 3.05) is 13.1 Å². The van der Waals surface area contributed by atoms with Crippen LogP contribution in [-0.4, -0.2) is 35.5 Å². The number of rotatable bonds is 1. The van der Waals surface area contributed by atoms with Crippen molar-refractivity contribution in [2.45, 2.75) is 25.6 Å². The predicted octanol–water partition coefficient (Wildman–Crippen LogP) is -0.662. The van der Waals surface area contributed by atoms with Crippen LogP contribution in [-0.2, 0) is 0 Å². The second kappa shape index (κ2) is 3.32. The molecule has 1 fully saturated rings. The van der Waals surface area contributed by atoms with E-state index in [2.05, 4.69) is 5.32 Å². The number of β-amino-alcohol motifs (C(OH)–C–C–N with tert-alkyl or cyclic N) is 1. The van der Waals surface area contributed by atoms with Crippen LogP contribution in [0, 0.1) is 5.92 Å². The molecule has 0 aliphatic carbocycles. The second-order valence-electron chi connectivity index (χ2n) is 2.88. The molecular formula is C7H15NO2. The van der Waals surface area contributed by atoms with Crippen LogP contribution in [0.15, 0.2) is 0 Å². The van der Waals surface area contributed by atoms with Gasteiger partial charge in [0.05, 0.1) is 12.2 Å². The van der Waals surface area contributed by atoms with E-state index >= 15 is 0 Å². The Bertz CT molecular complexity index is 108. The topological polar surface area (TPSA) is 52.5 Å². The summed E-state index contributed by atoms with van der Waals surface area (Å²) in [5.41, 5.74) is 0. The van der Waals surface area contributed by atoms with Crippen molar-refractivity contribution in [3.05, 3.63) is 0 Å². The summed E-state index contributed by atoms with van der Waals surface area (Å²) in [6, 6.07) is 0. The van der Waals surface area contributed by atoms with Crippen LogP contribution < -0.4 is 5.32 Å². The van der Waals surface area contributed by atoms with E-state index in [1.807, 2.05) is 6.92 Å². The number of piperidine rings is 1. The van der Waals surface area contributed by atoms with Crippen molar-refractivity contribution in [3.8, 4) is 0 Å². The fraction of sp³-hybridized carbons (Fsp3) is 1.00. The third kappa shape index (κ3) is 1.48. The first-order chi connectivity index (χ1) is 4.75. The molecule has 3 atom stereocenters. The Morgan fingerprint density at radius 3 is 2.60 bits per heavy atom. The maximum absolute atomic E-state index is 9.35. The SMILES string of the molecule is CCC1CNCC(O)C1O. The summed E-state index contributed by atoms with van der Waals surface area (Å²) in [6.45, 7) is 3.38. The molecule has 0 radical (unpaired) electrons. The molecule has 0 amide bonds. The summed E-state index contributed by atoms with van der Waals surface area (Å²) < 4.78 is 0. The Labute approximate surface area is 61.1 Å². The van der Waals surface area contributed by atoms with Gasteiger partial charge in [0.2, 0.25) is 0 Å². The first-order valence-corrected chi connectivity index (χ1v) is 3.82. The van der Waals surface area contributed by atoms with Gasteiger partial charge < -0.3 is 15.5 Å². The Hall–Kier alpha value is -0.120. The van der Waals surface area contributed by atoms with Gasteiger partial charge in [0.25, 0.3) is 0 Å². The van der Waals surface area contributed by atoms with Crippen LogP contribution in [0.4, 0.5) is 0 Å². The third-order valence-electron chi connectivity index (χ3n) is 2.16. The molecule has 0 spiro atoms. The normalized spacial score (nSPS) is 41.7. The van der Waals surface area contributed by atoms with Gasteiger partial charge in [-0.05, 0) is 12.3 Å². The fourth-order valence-corrected chi connectivity index (χ4v) is 1.36. The number of nitrogens with one attached hydrogen (secondary N) is 1. The minimum atomic E-state index is -0.571. The molecular weight excluding hydrogens is 130 g/mol. The lowest BCUT2D eigenvalue weighted by Gasteiger charge is -2.31. The van der Waals surface area contributed by atoms with Crippen LogP contribution in [0.25, 0.3) is 0 Å². The van der Waals surface area contributed by atoms with Crippen molar-refractivity contribution >= 4 is 0 Å². The molecule has 1 heterocycles. The zero-order chi connectivity index (χ0) is 7.56. The van der Waals surface area contributed by atoms with Crippen molar-refractivity contribution in [1.82, 2.24) is 5.32 Å². The lowest BCUT2D eigenvalue weighted by Crippen LogP contribution is -2.50. The maximum atomic E-state index is 9.35. The lowest BCUT2D eigenvalue weighted by molar-refractivity contribution is -0.0356. The van der Waals surface area contributed by atoms with Gasteiger partial charge in [0.1, 0.15) is 0 Å². The highest BCUT2D eigenvalue weighted by molar-refractivity contribution is 4.83. The average Bonchev–Trinajstić information content (AvgIpc) is 1.95. The highest BCUT2D eigenvalue weighted by Gasteiger charge is 2.28. The van der Waals surface area contributed by atoms with E-state index in [0.717, 1.165) is 13.0 Å². The summed E-state index contributed by atoms with van der Waals surface area (Å²) in [7, 11) is 0. The van der Waals surface area contributed by atoms with Gasteiger partial charge in [0, 0.05) is 13.1 Å². The molecule has 3 nitrogen and oxygen atoms in total. The first kappa shape index (κ1) is 7.98. The van der Waals surface area contributed by atoms with Crippen molar-refractivity contribution in [3.63, 3.8) is 0 Å². The van der Waals surface area contributed by atoms with E-state index < -0.39 is 12.2 Å². The molecule has 0 saturated carbocycles. The van der Waals surface area contributed by atoms with Crippen LogP contribution in [0.2, 0.25) is 0 Å². The molecule has 3 heteroatoms. The number of hydrogen-bond donors (Lipinski definition) is 3. The van der Waals surface area contributed by atoms with Gasteiger partial charge in [0.15, 0.2) is 0 Å². The van der Waals surface area contributed by atoms with Crippen LogP contribution in [0.1, 0.15) is 13.3 Å². The van der Waals surface area contributed by atoms with E-state index in [4.69, 9.17) is 5.11 Å². The maximum Gasteiger partial charge on any atom is 0.0926 e. The zero-order valence-electron chi connectivity index (χ0n) is 6.25. The standard InChI is InChI=1S/C7H15NO2/c1-2-5-3-8-4-6(9)7(5)10/h5-10H,2-4H2,1H3. The summed E-state index contributed by atoms with van der Waals surface area (Å²) in [5.74, 6) is 0.226. The Morgan fingerprint density at radius 2 is 2.10 bits per heavy atom. The fourth-order valence-electron chi connectivity index (χ4n) is 1.36. The summed E-state index contributed by atoms with van der Waals surface area (Å²) in [6.07, 6.45) is -0.171. The molecule has 3 N–H and O–H groups in total. The molecule has 1 aliphatic rings. The number of aliphatic hydroxyl groups is 2. The highest BCUT2D eigenvalue weighted by Crippen LogP contribution is 2.14. The van der Waals surface area contributed by atoms with Crippen LogP contribution >= 0.6 is 0 Å². The third-order valence-corrected chi connectivity index (χ3v) is 2.16. The second-order valence-corrected chi connectivity index (χ2v) is 2.88. The molecule has 10 heavy (non-hydrogen) atoms. The van der Waals surface area contributed by atoms with Gasteiger partial charge in [-0.2, -0.15) is 0 Å². The van der Waals surface area contributed by atoms with E-state index in [0.29, 0.717) is 6.54 Å². The largest absolute Gasteiger partial charge is 0.390 e. The molecule has 0 aromatic rings. The van der Waals surface area contributed by atoms with E-state index in [-0.39, 0.29) is 5.92 Å². The minimum Gasteiger partial charge on any atom is -0.390 e. The van der Waals surface area contributed by atoms with Gasteiger partial charge >= 0.3 is 0 Å². The van der Waals surface area contributed by atoms with Gasteiger partial charge in [-0.25, -0.2) is 0 Å². The molecule has 1 saturated heterocycles. The van der Waals surface area contributed by atoms with E-state index in [1.165, 1.54) is 0 Å². The molecule has 0 aromatic heterocycles.